The van der Waals surface area contributed by atoms with E-state index in [9.17, 15) is 19.2 Å². The second-order valence-electron chi connectivity index (χ2n) is 20.1. The summed E-state index contributed by atoms with van der Waals surface area (Å²) < 4.78 is 23.3. The zero-order chi connectivity index (χ0) is 46.5. The Kier molecular flexibility index (Phi) is 36.8. The van der Waals surface area contributed by atoms with Crippen LogP contribution in [0.15, 0.2) is 0 Å². The Morgan fingerprint density at radius 2 is 0.774 bits per heavy atom. The number of likely N-dealkylation sites (N-methyl/N-ethyl adjacent to an activating group) is 1. The van der Waals surface area contributed by atoms with Gasteiger partial charge in [-0.3, -0.25) is 19.2 Å². The Hall–Kier alpha value is -2.16. The molecule has 0 aromatic heterocycles. The lowest BCUT2D eigenvalue weighted by Crippen LogP contribution is -2.40. The van der Waals surface area contributed by atoms with E-state index in [1.54, 1.807) is 0 Å². The highest BCUT2D eigenvalue weighted by atomic mass is 16.6. The van der Waals surface area contributed by atoms with E-state index in [4.69, 9.17) is 18.9 Å². The maximum absolute atomic E-state index is 13.5. The minimum atomic E-state index is -0.746. The van der Waals surface area contributed by atoms with Gasteiger partial charge in [-0.15, -0.1) is 0 Å². The van der Waals surface area contributed by atoms with E-state index in [0.29, 0.717) is 45.4 Å². The van der Waals surface area contributed by atoms with Crippen molar-refractivity contribution in [1.29, 1.82) is 0 Å². The number of carbonyl (C=O) groups is 4. The van der Waals surface area contributed by atoms with Crippen LogP contribution in [-0.4, -0.2) is 75.3 Å². The molecule has 0 saturated heterocycles. The van der Waals surface area contributed by atoms with Gasteiger partial charge in [-0.1, -0.05) is 156 Å². The van der Waals surface area contributed by atoms with Crippen LogP contribution in [0.3, 0.4) is 0 Å². The molecule has 3 atom stereocenters. The quantitative estimate of drug-likeness (QED) is 0.0336. The van der Waals surface area contributed by atoms with Crippen molar-refractivity contribution >= 4 is 23.9 Å². The van der Waals surface area contributed by atoms with Gasteiger partial charge in [-0.2, -0.15) is 0 Å². The van der Waals surface area contributed by atoms with Crippen LogP contribution < -0.4 is 0 Å². The summed E-state index contributed by atoms with van der Waals surface area (Å²) in [5.41, 5.74) is -1.48. The van der Waals surface area contributed by atoms with Crippen molar-refractivity contribution in [2.24, 2.45) is 22.7 Å². The van der Waals surface area contributed by atoms with E-state index in [0.717, 1.165) is 70.6 Å². The molecule has 0 aromatic carbocycles. The normalized spacial score (nSPS) is 13.5. The summed E-state index contributed by atoms with van der Waals surface area (Å²) in [5, 5.41) is 0. The van der Waals surface area contributed by atoms with Crippen molar-refractivity contribution in [3.63, 3.8) is 0 Å². The molecule has 0 saturated carbocycles. The van der Waals surface area contributed by atoms with E-state index in [1.165, 1.54) is 96.3 Å². The first-order valence-corrected chi connectivity index (χ1v) is 26.0. The Morgan fingerprint density at radius 3 is 1.15 bits per heavy atom. The molecule has 0 aliphatic heterocycles. The van der Waals surface area contributed by atoms with Crippen LogP contribution >= 0.6 is 0 Å². The van der Waals surface area contributed by atoms with E-state index in [1.807, 2.05) is 46.7 Å². The number of nitrogens with zero attached hydrogens (tertiary/aromatic N) is 1. The highest BCUT2D eigenvalue weighted by molar-refractivity contribution is 5.77. The van der Waals surface area contributed by atoms with Crippen molar-refractivity contribution in [2.75, 3.05) is 40.5 Å². The number of hydrogen-bond donors (Lipinski definition) is 0. The van der Waals surface area contributed by atoms with Crippen molar-refractivity contribution < 1.29 is 38.1 Å². The molecule has 0 fully saturated rings. The predicted octanol–water partition coefficient (Wildman–Crippen LogP) is 14.2. The Balaban J connectivity index is 4.87. The molecule has 0 aliphatic rings. The van der Waals surface area contributed by atoms with Gasteiger partial charge in [0.15, 0.2) is 0 Å². The fourth-order valence-electron chi connectivity index (χ4n) is 8.07. The number of carbonyl (C=O) groups excluding carboxylic acids is 4. The first-order valence-electron chi connectivity index (χ1n) is 26.0. The van der Waals surface area contributed by atoms with Crippen LogP contribution in [0.5, 0.6) is 0 Å². The molecular weight excluding hydrogens is 779 g/mol. The number of ether oxygens (including phenoxy) is 4. The minimum Gasteiger partial charge on any atom is -0.465 e. The summed E-state index contributed by atoms with van der Waals surface area (Å²) in [7, 11) is 3.80. The molecule has 0 aromatic rings. The lowest BCUT2D eigenvalue weighted by Gasteiger charge is -2.29. The molecule has 0 heterocycles. The molecule has 0 N–H and O–H groups in total. The van der Waals surface area contributed by atoms with Gasteiger partial charge < -0.3 is 23.8 Å². The lowest BCUT2D eigenvalue weighted by atomic mass is 9.87. The number of esters is 4. The fraction of sp³-hybridized carbons (Fsp3) is 0.925. The van der Waals surface area contributed by atoms with E-state index in [2.05, 4.69) is 27.7 Å². The van der Waals surface area contributed by atoms with Crippen molar-refractivity contribution in [2.45, 2.75) is 254 Å². The average Bonchev–Trinajstić information content (AvgIpc) is 3.22. The van der Waals surface area contributed by atoms with Crippen molar-refractivity contribution in [3.05, 3.63) is 0 Å². The Morgan fingerprint density at radius 1 is 0.435 bits per heavy atom. The van der Waals surface area contributed by atoms with Gasteiger partial charge in [0.2, 0.25) is 0 Å². The second kappa shape index (κ2) is 38.1. The molecule has 366 valence electrons. The summed E-state index contributed by atoms with van der Waals surface area (Å²) in [6.07, 6.45) is 30.9. The van der Waals surface area contributed by atoms with Crippen LogP contribution in [-0.2, 0) is 38.1 Å². The predicted molar refractivity (Wildman–Crippen MR) is 257 cm³/mol. The SMILES string of the molecule is CCCCCCCCC(CCCCCC)C(=O)OCCCCC(C)(C)C(=O)OCC(CN(C)C)OC(=O)C(C)(C)CCCCOC(=O)[C@@H](CCCCCC)CCCCCCCC. The molecule has 0 rings (SSSR count). The van der Waals surface area contributed by atoms with Gasteiger partial charge in [-0.05, 0) is 106 Å². The molecule has 0 amide bonds. The summed E-state index contributed by atoms with van der Waals surface area (Å²) in [6, 6.07) is 0. The van der Waals surface area contributed by atoms with Gasteiger partial charge >= 0.3 is 23.9 Å². The number of rotatable bonds is 43. The third-order valence-electron chi connectivity index (χ3n) is 12.5. The smallest absolute Gasteiger partial charge is 0.311 e. The summed E-state index contributed by atoms with van der Waals surface area (Å²) >= 11 is 0. The second-order valence-corrected chi connectivity index (χ2v) is 20.1. The van der Waals surface area contributed by atoms with E-state index >= 15 is 0 Å². The fourth-order valence-corrected chi connectivity index (χ4v) is 8.07. The van der Waals surface area contributed by atoms with Crippen molar-refractivity contribution in [3.8, 4) is 0 Å². The van der Waals surface area contributed by atoms with E-state index < -0.39 is 16.9 Å². The van der Waals surface area contributed by atoms with Crippen LogP contribution in [0.25, 0.3) is 0 Å². The monoisotopic (exact) mass is 880 g/mol. The van der Waals surface area contributed by atoms with Crippen LogP contribution in [0, 0.1) is 22.7 Å². The molecule has 9 heteroatoms. The minimum absolute atomic E-state index is 0.0157. The van der Waals surface area contributed by atoms with Gasteiger partial charge in [-0.25, -0.2) is 0 Å². The Labute approximate surface area is 383 Å². The molecular formula is C53H101NO8. The number of unbranched alkanes of at least 4 members (excludes halogenated alkanes) is 18. The highest BCUT2D eigenvalue weighted by Crippen LogP contribution is 2.29. The Bertz CT molecular complexity index is 1120. The summed E-state index contributed by atoms with van der Waals surface area (Å²) in [4.78, 5) is 54.8. The van der Waals surface area contributed by atoms with Gasteiger partial charge in [0, 0.05) is 6.54 Å². The van der Waals surface area contributed by atoms with Crippen LogP contribution in [0.4, 0.5) is 0 Å². The summed E-state index contributed by atoms with van der Waals surface area (Å²) in [5.74, 6) is -0.810. The largest absolute Gasteiger partial charge is 0.465 e. The molecule has 0 aliphatic carbocycles. The highest BCUT2D eigenvalue weighted by Gasteiger charge is 2.34. The van der Waals surface area contributed by atoms with Gasteiger partial charge in [0.25, 0.3) is 0 Å². The third kappa shape index (κ3) is 31.6. The molecule has 2 unspecified atom stereocenters. The third-order valence-corrected chi connectivity index (χ3v) is 12.5. The molecule has 0 radical (unpaired) electrons. The van der Waals surface area contributed by atoms with E-state index in [-0.39, 0.29) is 42.3 Å². The van der Waals surface area contributed by atoms with Crippen LogP contribution in [0.1, 0.15) is 248 Å². The summed E-state index contributed by atoms with van der Waals surface area (Å²) in [6.45, 7) is 17.5. The van der Waals surface area contributed by atoms with Gasteiger partial charge in [0.1, 0.15) is 12.7 Å². The maximum atomic E-state index is 13.5. The standard InChI is InChI=1S/C53H101NO8/c1-11-15-19-23-25-29-37-45(35-27-21-17-13-3)48(55)59-41-33-31-39-52(5,6)50(57)61-44-47(43-54(9)10)62-51(58)53(7,8)40-32-34-42-60-49(56)46(36-28-22-18-14-4)38-30-26-24-20-16-12-2/h45-47H,11-44H2,1-10H3/t45?,46-,47?/m0/s1. The van der Waals surface area contributed by atoms with Crippen LogP contribution in [0.2, 0.25) is 0 Å². The van der Waals surface area contributed by atoms with Crippen molar-refractivity contribution in [1.82, 2.24) is 4.90 Å². The average molecular weight is 880 g/mol. The topological polar surface area (TPSA) is 108 Å². The maximum Gasteiger partial charge on any atom is 0.311 e. The molecule has 0 spiro atoms. The molecule has 9 nitrogen and oxygen atoms in total. The zero-order valence-corrected chi connectivity index (χ0v) is 42.5. The molecule has 62 heavy (non-hydrogen) atoms. The number of hydrogen-bond acceptors (Lipinski definition) is 9. The lowest BCUT2D eigenvalue weighted by molar-refractivity contribution is -0.171. The zero-order valence-electron chi connectivity index (χ0n) is 42.5. The first kappa shape index (κ1) is 59.8. The first-order chi connectivity index (χ1) is 29.6. The van der Waals surface area contributed by atoms with Gasteiger partial charge in [0.05, 0.1) is 35.9 Å². The molecule has 0 bridgehead atoms.